The van der Waals surface area contributed by atoms with Gasteiger partial charge in [-0.15, -0.1) is 11.3 Å². The van der Waals surface area contributed by atoms with Crippen molar-refractivity contribution in [3.8, 4) is 0 Å². The number of halogens is 1. The van der Waals surface area contributed by atoms with Gasteiger partial charge in [0.2, 0.25) is 0 Å². The second-order valence-corrected chi connectivity index (χ2v) is 3.30. The summed E-state index contributed by atoms with van der Waals surface area (Å²) in [5.41, 5.74) is 5.85. The maximum Gasteiger partial charge on any atom is 0.183 e. The number of hydrogen-bond acceptors (Lipinski definition) is 4. The minimum Gasteiger partial charge on any atom is -0.378 e. The van der Waals surface area contributed by atoms with Gasteiger partial charge in [-0.25, -0.2) is 4.98 Å². The molecule has 0 bridgehead atoms. The molecular formula is C5H7ClN2OS. The summed E-state index contributed by atoms with van der Waals surface area (Å²) in [4.78, 5) is 3.89. The van der Waals surface area contributed by atoms with Gasteiger partial charge in [-0.1, -0.05) is 11.6 Å². The lowest BCUT2D eigenvalue weighted by Gasteiger charge is -1.97. The zero-order valence-electron chi connectivity index (χ0n) is 5.12. The highest BCUT2D eigenvalue weighted by Crippen LogP contribution is 2.15. The first-order valence-electron chi connectivity index (χ1n) is 2.72. The van der Waals surface area contributed by atoms with Crippen LogP contribution in [0.25, 0.3) is 0 Å². The number of aliphatic hydroxyl groups is 1. The van der Waals surface area contributed by atoms with Crippen LogP contribution in [0, 0.1) is 0 Å². The monoisotopic (exact) mass is 178 g/mol. The van der Waals surface area contributed by atoms with Crippen molar-refractivity contribution >= 4 is 22.9 Å². The van der Waals surface area contributed by atoms with Gasteiger partial charge < -0.3 is 10.8 Å². The average Bonchev–Trinajstić information content (AvgIpc) is 2.13. The zero-order chi connectivity index (χ0) is 7.56. The third-order valence-corrected chi connectivity index (χ3v) is 1.97. The highest BCUT2D eigenvalue weighted by atomic mass is 35.5. The minimum absolute atomic E-state index is 0.364. The van der Waals surface area contributed by atoms with Crippen molar-refractivity contribution in [3.05, 3.63) is 15.5 Å². The zero-order valence-corrected chi connectivity index (χ0v) is 6.69. The van der Waals surface area contributed by atoms with Gasteiger partial charge >= 0.3 is 0 Å². The Labute approximate surface area is 67.5 Å². The first-order chi connectivity index (χ1) is 4.68. The van der Waals surface area contributed by atoms with Gasteiger partial charge in [0.15, 0.2) is 4.47 Å². The van der Waals surface area contributed by atoms with Gasteiger partial charge in [0.05, 0.1) is 5.69 Å². The highest BCUT2D eigenvalue weighted by Gasteiger charge is 2.02. The van der Waals surface area contributed by atoms with Gasteiger partial charge in [-0.3, -0.25) is 0 Å². The van der Waals surface area contributed by atoms with E-state index in [2.05, 4.69) is 4.98 Å². The quantitative estimate of drug-likeness (QED) is 0.653. The molecule has 1 rings (SSSR count). The van der Waals surface area contributed by atoms with Gasteiger partial charge in [0.25, 0.3) is 0 Å². The fourth-order valence-electron chi connectivity index (χ4n) is 0.590. The van der Waals surface area contributed by atoms with Gasteiger partial charge in [-0.2, -0.15) is 0 Å². The molecule has 1 heterocycles. The first kappa shape index (κ1) is 7.94. The SMILES string of the molecule is NC(O)Cc1csc(Cl)n1. The molecule has 0 saturated heterocycles. The molecule has 0 fully saturated rings. The standard InChI is InChI=1S/C5H7ClN2OS/c6-5-8-3(2-10-5)1-4(7)9/h2,4,9H,1,7H2. The first-order valence-corrected chi connectivity index (χ1v) is 3.98. The topological polar surface area (TPSA) is 59.1 Å². The van der Waals surface area contributed by atoms with Crippen LogP contribution in [-0.2, 0) is 6.42 Å². The smallest absolute Gasteiger partial charge is 0.183 e. The number of aliphatic hydroxyl groups excluding tert-OH is 1. The van der Waals surface area contributed by atoms with Crippen molar-refractivity contribution < 1.29 is 5.11 Å². The molecule has 1 aromatic rings. The molecule has 1 aromatic heterocycles. The van der Waals surface area contributed by atoms with Gasteiger partial charge in [0.1, 0.15) is 6.23 Å². The largest absolute Gasteiger partial charge is 0.378 e. The molecule has 0 radical (unpaired) electrons. The van der Waals surface area contributed by atoms with E-state index in [9.17, 15) is 0 Å². The third-order valence-electron chi connectivity index (χ3n) is 0.942. The van der Waals surface area contributed by atoms with Gasteiger partial charge in [-0.05, 0) is 0 Å². The Morgan fingerprint density at radius 2 is 2.60 bits per heavy atom. The van der Waals surface area contributed by atoms with Crippen molar-refractivity contribution in [2.24, 2.45) is 5.73 Å². The molecule has 1 atom stereocenters. The third kappa shape index (κ3) is 2.22. The summed E-state index contributed by atoms with van der Waals surface area (Å²) in [6.07, 6.45) is -0.471. The van der Waals surface area contributed by atoms with Crippen LogP contribution in [0.3, 0.4) is 0 Å². The lowest BCUT2D eigenvalue weighted by atomic mass is 10.3. The van der Waals surface area contributed by atoms with E-state index in [0.717, 1.165) is 5.69 Å². The second kappa shape index (κ2) is 3.30. The fraction of sp³-hybridized carbons (Fsp3) is 0.400. The Balaban J connectivity index is 2.58. The van der Waals surface area contributed by atoms with E-state index in [4.69, 9.17) is 22.4 Å². The van der Waals surface area contributed by atoms with E-state index in [1.807, 2.05) is 0 Å². The number of nitrogens with two attached hydrogens (primary N) is 1. The molecule has 3 N–H and O–H groups in total. The molecule has 0 amide bonds. The van der Waals surface area contributed by atoms with Crippen molar-refractivity contribution in [1.29, 1.82) is 0 Å². The van der Waals surface area contributed by atoms with E-state index in [0.29, 0.717) is 10.9 Å². The van der Waals surface area contributed by atoms with Crippen LogP contribution in [-0.4, -0.2) is 16.3 Å². The van der Waals surface area contributed by atoms with Crippen molar-refractivity contribution in [1.82, 2.24) is 4.98 Å². The summed E-state index contributed by atoms with van der Waals surface area (Å²) in [5, 5.41) is 10.5. The number of aromatic nitrogens is 1. The summed E-state index contributed by atoms with van der Waals surface area (Å²) in [7, 11) is 0. The molecule has 0 spiro atoms. The lowest BCUT2D eigenvalue weighted by molar-refractivity contribution is 0.182. The molecule has 3 nitrogen and oxygen atoms in total. The molecule has 0 aliphatic heterocycles. The van der Waals surface area contributed by atoms with E-state index < -0.39 is 6.23 Å². The summed E-state index contributed by atoms with van der Waals surface area (Å²) >= 11 is 6.86. The molecule has 0 aromatic carbocycles. The molecule has 0 saturated carbocycles. The Kier molecular flexibility index (Phi) is 2.62. The van der Waals surface area contributed by atoms with E-state index in [1.165, 1.54) is 11.3 Å². The van der Waals surface area contributed by atoms with Crippen molar-refractivity contribution in [2.75, 3.05) is 0 Å². The summed E-state index contributed by atoms with van der Waals surface area (Å²) in [6, 6.07) is 0. The normalized spacial score (nSPS) is 13.5. The maximum atomic E-state index is 8.71. The van der Waals surface area contributed by atoms with Crippen LogP contribution >= 0.6 is 22.9 Å². The van der Waals surface area contributed by atoms with E-state index >= 15 is 0 Å². The molecule has 56 valence electrons. The Bertz CT molecular complexity index is 213. The number of nitrogens with zero attached hydrogens (tertiary/aromatic N) is 1. The molecule has 5 heteroatoms. The number of hydrogen-bond donors (Lipinski definition) is 2. The fourth-order valence-corrected chi connectivity index (χ4v) is 1.38. The van der Waals surface area contributed by atoms with E-state index in [1.54, 1.807) is 5.38 Å². The Hall–Kier alpha value is -0.160. The van der Waals surface area contributed by atoms with Crippen LogP contribution < -0.4 is 5.73 Å². The summed E-state index contributed by atoms with van der Waals surface area (Å²) in [5.74, 6) is 0. The van der Waals surface area contributed by atoms with Crippen LogP contribution in [0.4, 0.5) is 0 Å². The average molecular weight is 179 g/mol. The number of rotatable bonds is 2. The number of thiazole rings is 1. The van der Waals surface area contributed by atoms with Crippen LogP contribution in [0.5, 0.6) is 0 Å². The van der Waals surface area contributed by atoms with Crippen LogP contribution in [0.2, 0.25) is 4.47 Å². The Morgan fingerprint density at radius 3 is 3.00 bits per heavy atom. The lowest BCUT2D eigenvalue weighted by Crippen LogP contribution is -2.21. The second-order valence-electron chi connectivity index (χ2n) is 1.86. The molecule has 0 aliphatic rings. The van der Waals surface area contributed by atoms with E-state index in [-0.39, 0.29) is 0 Å². The van der Waals surface area contributed by atoms with Crippen LogP contribution in [0.15, 0.2) is 5.38 Å². The molecule has 1 unspecified atom stereocenters. The maximum absolute atomic E-state index is 8.71. The Morgan fingerprint density at radius 1 is 1.90 bits per heavy atom. The van der Waals surface area contributed by atoms with Gasteiger partial charge in [0, 0.05) is 11.8 Å². The van der Waals surface area contributed by atoms with Crippen molar-refractivity contribution in [3.63, 3.8) is 0 Å². The molecule has 0 aliphatic carbocycles. The summed E-state index contributed by atoms with van der Waals surface area (Å²) < 4.78 is 0.482. The van der Waals surface area contributed by atoms with Crippen molar-refractivity contribution in [2.45, 2.75) is 12.6 Å². The molecule has 10 heavy (non-hydrogen) atoms. The summed E-state index contributed by atoms with van der Waals surface area (Å²) in [6.45, 7) is 0. The molecular weight excluding hydrogens is 172 g/mol. The predicted octanol–water partition coefficient (Wildman–Crippen LogP) is 0.616. The predicted molar refractivity (Wildman–Crippen MR) is 41.0 cm³/mol. The van der Waals surface area contributed by atoms with Crippen LogP contribution in [0.1, 0.15) is 5.69 Å². The minimum atomic E-state index is -0.835. The highest BCUT2D eigenvalue weighted by molar-refractivity contribution is 7.13.